The van der Waals surface area contributed by atoms with Gasteiger partial charge in [0.05, 0.1) is 5.52 Å². The second-order valence-electron chi connectivity index (χ2n) is 7.23. The van der Waals surface area contributed by atoms with Gasteiger partial charge in [0.2, 0.25) is 10.0 Å². The minimum absolute atomic E-state index is 0.257. The van der Waals surface area contributed by atoms with Crippen LogP contribution in [0.3, 0.4) is 0 Å². The summed E-state index contributed by atoms with van der Waals surface area (Å²) in [5.41, 5.74) is 1.84. The van der Waals surface area contributed by atoms with Gasteiger partial charge in [-0.2, -0.15) is 0 Å². The Morgan fingerprint density at radius 2 is 2.12 bits per heavy atom. The first-order valence-corrected chi connectivity index (χ1v) is 10.6. The van der Waals surface area contributed by atoms with Crippen molar-refractivity contribution in [1.29, 1.82) is 0 Å². The van der Waals surface area contributed by atoms with E-state index in [0.29, 0.717) is 18.0 Å². The molecule has 0 radical (unpaired) electrons. The Labute approximate surface area is 156 Å². The predicted octanol–water partition coefficient (Wildman–Crippen LogP) is 3.19. The van der Waals surface area contributed by atoms with Crippen LogP contribution in [-0.4, -0.2) is 44.5 Å². The molecule has 0 spiro atoms. The van der Waals surface area contributed by atoms with E-state index < -0.39 is 10.0 Å². The highest BCUT2D eigenvalue weighted by Gasteiger charge is 2.23. The summed E-state index contributed by atoms with van der Waals surface area (Å²) in [6.45, 7) is 7.64. The van der Waals surface area contributed by atoms with Gasteiger partial charge in [-0.15, -0.1) is 0 Å². The Bertz CT molecular complexity index is 884. The highest BCUT2D eigenvalue weighted by Crippen LogP contribution is 2.21. The summed E-state index contributed by atoms with van der Waals surface area (Å²) in [4.78, 5) is 6.92. The SMILES string of the molecule is CC(C)=CCN1CCCC(CNS(=O)(=O)c2cccc3cccnc23)C1. The number of allylic oxidation sites excluding steroid dienone is 1. The van der Waals surface area contributed by atoms with E-state index in [1.165, 1.54) is 5.57 Å². The Kier molecular flexibility index (Phi) is 6.06. The van der Waals surface area contributed by atoms with Crippen LogP contribution >= 0.6 is 0 Å². The number of benzene rings is 1. The van der Waals surface area contributed by atoms with Crippen molar-refractivity contribution in [3.05, 3.63) is 48.2 Å². The zero-order valence-electron chi connectivity index (χ0n) is 15.5. The molecule has 6 heteroatoms. The third kappa shape index (κ3) is 4.69. The molecule has 1 aromatic carbocycles. The number of rotatable bonds is 6. The van der Waals surface area contributed by atoms with Gasteiger partial charge >= 0.3 is 0 Å². The standard InChI is InChI=1S/C20H27N3O2S/c1-16(2)10-13-23-12-5-6-17(15-23)14-22-26(24,25)19-9-3-7-18-8-4-11-21-20(18)19/h3-4,7-11,17,22H,5-6,12-15H2,1-2H3. The number of pyridine rings is 1. The molecule has 1 saturated heterocycles. The molecule has 0 amide bonds. The molecule has 26 heavy (non-hydrogen) atoms. The molecule has 2 aromatic rings. The zero-order valence-corrected chi connectivity index (χ0v) is 16.3. The number of nitrogens with zero attached hydrogens (tertiary/aromatic N) is 2. The highest BCUT2D eigenvalue weighted by molar-refractivity contribution is 7.89. The summed E-state index contributed by atoms with van der Waals surface area (Å²) < 4.78 is 28.4. The summed E-state index contributed by atoms with van der Waals surface area (Å²) in [5, 5.41) is 0.834. The first-order valence-electron chi connectivity index (χ1n) is 9.15. The Morgan fingerprint density at radius 3 is 2.92 bits per heavy atom. The van der Waals surface area contributed by atoms with Crippen LogP contribution in [-0.2, 0) is 10.0 Å². The smallest absolute Gasteiger partial charge is 0.242 e. The van der Waals surface area contributed by atoms with Gasteiger partial charge in [0.1, 0.15) is 4.90 Å². The van der Waals surface area contributed by atoms with Crippen LogP contribution < -0.4 is 4.72 Å². The average Bonchev–Trinajstić information content (AvgIpc) is 2.65. The van der Waals surface area contributed by atoms with Crippen molar-refractivity contribution in [2.24, 2.45) is 5.92 Å². The van der Waals surface area contributed by atoms with Crippen LogP contribution in [0.25, 0.3) is 10.9 Å². The molecule has 5 nitrogen and oxygen atoms in total. The number of hydrogen-bond donors (Lipinski definition) is 1. The number of hydrogen-bond acceptors (Lipinski definition) is 4. The zero-order chi connectivity index (χ0) is 18.6. The van der Waals surface area contributed by atoms with Gasteiger partial charge < -0.3 is 0 Å². The minimum Gasteiger partial charge on any atom is -0.299 e. The average molecular weight is 374 g/mol. The molecular formula is C20H27N3O2S. The lowest BCUT2D eigenvalue weighted by molar-refractivity contribution is 0.192. The quantitative estimate of drug-likeness (QED) is 0.790. The number of piperidine rings is 1. The van der Waals surface area contributed by atoms with Crippen molar-refractivity contribution in [3.8, 4) is 0 Å². The second kappa shape index (κ2) is 8.29. The van der Waals surface area contributed by atoms with E-state index >= 15 is 0 Å². The van der Waals surface area contributed by atoms with Crippen molar-refractivity contribution in [2.75, 3.05) is 26.2 Å². The number of likely N-dealkylation sites (tertiary alicyclic amines) is 1. The molecule has 1 fully saturated rings. The molecule has 1 atom stereocenters. The van der Waals surface area contributed by atoms with Crippen molar-refractivity contribution < 1.29 is 8.42 Å². The number of nitrogens with one attached hydrogen (secondary N) is 1. The van der Waals surface area contributed by atoms with Crippen LogP contribution in [0, 0.1) is 5.92 Å². The number of fused-ring (bicyclic) bond motifs is 1. The molecule has 2 heterocycles. The van der Waals surface area contributed by atoms with E-state index in [1.807, 2.05) is 18.2 Å². The third-order valence-electron chi connectivity index (χ3n) is 4.81. The summed E-state index contributed by atoms with van der Waals surface area (Å²) in [5.74, 6) is 0.340. The van der Waals surface area contributed by atoms with Crippen LogP contribution in [0.15, 0.2) is 53.1 Å². The van der Waals surface area contributed by atoms with Crippen LogP contribution in [0.4, 0.5) is 0 Å². The molecular weight excluding hydrogens is 346 g/mol. The van der Waals surface area contributed by atoms with E-state index in [4.69, 9.17) is 0 Å². The van der Waals surface area contributed by atoms with E-state index in [-0.39, 0.29) is 4.90 Å². The third-order valence-corrected chi connectivity index (χ3v) is 6.26. The molecule has 1 N–H and O–H groups in total. The largest absolute Gasteiger partial charge is 0.299 e. The maximum atomic E-state index is 12.8. The number of para-hydroxylation sites is 1. The lowest BCUT2D eigenvalue weighted by Gasteiger charge is -2.32. The van der Waals surface area contributed by atoms with Crippen molar-refractivity contribution >= 4 is 20.9 Å². The normalized spacial score (nSPS) is 18.8. The summed E-state index contributed by atoms with van der Waals surface area (Å²) >= 11 is 0. The molecule has 1 aliphatic heterocycles. The van der Waals surface area contributed by atoms with Gasteiger partial charge in [0.25, 0.3) is 0 Å². The van der Waals surface area contributed by atoms with Crippen LogP contribution in [0.1, 0.15) is 26.7 Å². The number of sulfonamides is 1. The molecule has 0 bridgehead atoms. The maximum Gasteiger partial charge on any atom is 0.242 e. The molecule has 1 aromatic heterocycles. The highest BCUT2D eigenvalue weighted by atomic mass is 32.2. The van der Waals surface area contributed by atoms with E-state index in [1.54, 1.807) is 18.3 Å². The Balaban J connectivity index is 1.67. The van der Waals surface area contributed by atoms with Gasteiger partial charge in [0, 0.05) is 31.2 Å². The predicted molar refractivity (Wildman–Crippen MR) is 106 cm³/mol. The van der Waals surface area contributed by atoms with Crippen molar-refractivity contribution in [3.63, 3.8) is 0 Å². The molecule has 140 valence electrons. The monoisotopic (exact) mass is 373 g/mol. The van der Waals surface area contributed by atoms with Crippen molar-refractivity contribution in [1.82, 2.24) is 14.6 Å². The topological polar surface area (TPSA) is 62.3 Å². The fraction of sp³-hybridized carbons (Fsp3) is 0.450. The van der Waals surface area contributed by atoms with Gasteiger partial charge in [-0.1, -0.05) is 29.8 Å². The van der Waals surface area contributed by atoms with E-state index in [0.717, 1.165) is 37.9 Å². The van der Waals surface area contributed by atoms with Gasteiger partial charge in [-0.05, 0) is 51.3 Å². The lowest BCUT2D eigenvalue weighted by atomic mass is 9.98. The Hall–Kier alpha value is -1.76. The van der Waals surface area contributed by atoms with Gasteiger partial charge in [0.15, 0.2) is 0 Å². The fourth-order valence-corrected chi connectivity index (χ4v) is 4.69. The molecule has 3 rings (SSSR count). The lowest BCUT2D eigenvalue weighted by Crippen LogP contribution is -2.41. The van der Waals surface area contributed by atoms with Crippen molar-refractivity contribution in [2.45, 2.75) is 31.6 Å². The first-order chi connectivity index (χ1) is 12.5. The van der Waals surface area contributed by atoms with E-state index in [2.05, 4.69) is 34.5 Å². The second-order valence-corrected chi connectivity index (χ2v) is 8.97. The van der Waals surface area contributed by atoms with Crippen LogP contribution in [0.2, 0.25) is 0 Å². The van der Waals surface area contributed by atoms with Gasteiger partial charge in [-0.3, -0.25) is 9.88 Å². The molecule has 1 aliphatic rings. The minimum atomic E-state index is -3.57. The summed E-state index contributed by atoms with van der Waals surface area (Å²) in [7, 11) is -3.57. The first kappa shape index (κ1) is 19.0. The fourth-order valence-electron chi connectivity index (χ4n) is 3.39. The van der Waals surface area contributed by atoms with Gasteiger partial charge in [-0.25, -0.2) is 13.1 Å². The maximum absolute atomic E-state index is 12.8. The van der Waals surface area contributed by atoms with E-state index in [9.17, 15) is 8.42 Å². The molecule has 0 aliphatic carbocycles. The van der Waals surface area contributed by atoms with Crippen LogP contribution in [0.5, 0.6) is 0 Å². The summed E-state index contributed by atoms with van der Waals surface area (Å²) in [6, 6.07) is 8.96. The summed E-state index contributed by atoms with van der Waals surface area (Å²) in [6.07, 6.45) is 6.03. The molecule has 0 saturated carbocycles. The number of aromatic nitrogens is 1. The Morgan fingerprint density at radius 1 is 1.31 bits per heavy atom. The molecule has 1 unspecified atom stereocenters.